The smallest absolute Gasteiger partial charge is 0.251 e. The fourth-order valence-corrected chi connectivity index (χ4v) is 2.81. The maximum Gasteiger partial charge on any atom is 0.251 e. The Balaban J connectivity index is 1.79. The van der Waals surface area contributed by atoms with Crippen LogP contribution in [0.3, 0.4) is 0 Å². The molecule has 24 heavy (non-hydrogen) atoms. The summed E-state index contributed by atoms with van der Waals surface area (Å²) in [6.45, 7) is 7.11. The largest absolute Gasteiger partial charge is 0.352 e. The molecule has 2 amide bonds. The van der Waals surface area contributed by atoms with Gasteiger partial charge in [0, 0.05) is 31.3 Å². The number of hydrogen-bond acceptors (Lipinski definition) is 3. The predicted octanol–water partition coefficient (Wildman–Crippen LogP) is 1.95. The van der Waals surface area contributed by atoms with Gasteiger partial charge in [-0.15, -0.1) is 0 Å². The summed E-state index contributed by atoms with van der Waals surface area (Å²) in [5.41, 5.74) is 2.59. The minimum atomic E-state index is -0.0987. The minimum Gasteiger partial charge on any atom is -0.352 e. The van der Waals surface area contributed by atoms with Crippen molar-refractivity contribution in [3.63, 3.8) is 0 Å². The molecule has 1 aliphatic heterocycles. The van der Waals surface area contributed by atoms with Crippen LogP contribution in [0.25, 0.3) is 0 Å². The first-order valence-electron chi connectivity index (χ1n) is 8.42. The molecular formula is C19H27N3O2. The van der Waals surface area contributed by atoms with Gasteiger partial charge in [0.2, 0.25) is 5.91 Å². The van der Waals surface area contributed by atoms with Gasteiger partial charge in [-0.2, -0.15) is 0 Å². The summed E-state index contributed by atoms with van der Waals surface area (Å²) in [4.78, 5) is 26.0. The van der Waals surface area contributed by atoms with E-state index in [9.17, 15) is 9.59 Å². The maximum absolute atomic E-state index is 12.2. The molecule has 2 N–H and O–H groups in total. The molecule has 2 rings (SSSR count). The Morgan fingerprint density at radius 2 is 1.92 bits per heavy atom. The zero-order valence-electron chi connectivity index (χ0n) is 14.8. The van der Waals surface area contributed by atoms with E-state index in [0.717, 1.165) is 37.2 Å². The van der Waals surface area contributed by atoms with Gasteiger partial charge in [-0.3, -0.25) is 9.59 Å². The summed E-state index contributed by atoms with van der Waals surface area (Å²) in [5.74, 6) is 0.409. The molecule has 0 spiro atoms. The Kier molecular flexibility index (Phi) is 6.55. The number of nitrogens with one attached hydrogen (secondary N) is 2. The van der Waals surface area contributed by atoms with Crippen molar-refractivity contribution >= 4 is 11.8 Å². The summed E-state index contributed by atoms with van der Waals surface area (Å²) in [7, 11) is 2.11. The van der Waals surface area contributed by atoms with Crippen molar-refractivity contribution in [2.75, 3.05) is 26.7 Å². The molecule has 0 radical (unpaired) electrons. The maximum atomic E-state index is 12.2. The average molecular weight is 329 g/mol. The van der Waals surface area contributed by atoms with Gasteiger partial charge < -0.3 is 15.5 Å². The van der Waals surface area contributed by atoms with Crippen molar-refractivity contribution < 1.29 is 9.59 Å². The molecule has 0 aliphatic carbocycles. The van der Waals surface area contributed by atoms with Crippen LogP contribution < -0.4 is 10.6 Å². The average Bonchev–Trinajstić information content (AvgIpc) is 2.96. The van der Waals surface area contributed by atoms with Gasteiger partial charge in [-0.05, 0) is 57.5 Å². The lowest BCUT2D eigenvalue weighted by molar-refractivity contribution is -0.116. The quantitative estimate of drug-likeness (QED) is 0.784. The van der Waals surface area contributed by atoms with Crippen LogP contribution >= 0.6 is 0 Å². The van der Waals surface area contributed by atoms with E-state index >= 15 is 0 Å². The molecule has 1 aliphatic rings. The summed E-state index contributed by atoms with van der Waals surface area (Å²) < 4.78 is 0. The van der Waals surface area contributed by atoms with Crippen LogP contribution in [-0.2, 0) is 11.3 Å². The lowest BCUT2D eigenvalue weighted by Crippen LogP contribution is -2.30. The van der Waals surface area contributed by atoms with Crippen LogP contribution in [0.5, 0.6) is 0 Å². The van der Waals surface area contributed by atoms with Gasteiger partial charge in [0.1, 0.15) is 0 Å². The molecule has 0 aromatic heterocycles. The fraction of sp³-hybridized carbons (Fsp3) is 0.474. The van der Waals surface area contributed by atoms with Crippen LogP contribution in [0.1, 0.15) is 36.2 Å². The third kappa shape index (κ3) is 5.81. The van der Waals surface area contributed by atoms with E-state index in [0.29, 0.717) is 18.0 Å². The Bertz CT molecular complexity index is 604. The molecule has 1 aromatic carbocycles. The molecule has 0 bridgehead atoms. The first-order chi connectivity index (χ1) is 11.4. The van der Waals surface area contributed by atoms with Gasteiger partial charge in [0.25, 0.3) is 5.91 Å². The number of nitrogens with zero attached hydrogens (tertiary/aromatic N) is 1. The lowest BCUT2D eigenvalue weighted by Gasteiger charge is -2.12. The van der Waals surface area contributed by atoms with E-state index in [1.165, 1.54) is 0 Å². The molecule has 5 heteroatoms. The fourth-order valence-electron chi connectivity index (χ4n) is 2.81. The van der Waals surface area contributed by atoms with Crippen molar-refractivity contribution in [3.05, 3.63) is 47.0 Å². The van der Waals surface area contributed by atoms with Crippen molar-refractivity contribution in [2.24, 2.45) is 5.92 Å². The Labute approximate surface area is 144 Å². The zero-order valence-corrected chi connectivity index (χ0v) is 14.8. The number of likely N-dealkylation sites (tertiary alicyclic amines) is 1. The second kappa shape index (κ2) is 8.64. The Morgan fingerprint density at radius 1 is 1.21 bits per heavy atom. The summed E-state index contributed by atoms with van der Waals surface area (Å²) in [6, 6.07) is 7.36. The topological polar surface area (TPSA) is 61.4 Å². The number of allylic oxidation sites excluding steroid dienone is 1. The van der Waals surface area contributed by atoms with E-state index in [-0.39, 0.29) is 11.8 Å². The number of carbonyl (C=O) groups excluding carboxylic acids is 2. The second-order valence-corrected chi connectivity index (χ2v) is 6.76. The number of carbonyl (C=O) groups is 2. The highest BCUT2D eigenvalue weighted by Gasteiger charge is 2.19. The zero-order chi connectivity index (χ0) is 17.5. The van der Waals surface area contributed by atoms with E-state index < -0.39 is 0 Å². The number of benzene rings is 1. The Hall–Kier alpha value is -2.14. The molecule has 0 saturated carbocycles. The predicted molar refractivity (Wildman–Crippen MR) is 95.7 cm³/mol. The van der Waals surface area contributed by atoms with Gasteiger partial charge in [0.05, 0.1) is 0 Å². The van der Waals surface area contributed by atoms with E-state index in [1.807, 2.05) is 26.0 Å². The summed E-state index contributed by atoms with van der Waals surface area (Å²) >= 11 is 0. The monoisotopic (exact) mass is 329 g/mol. The number of hydrogen-bond donors (Lipinski definition) is 2. The Morgan fingerprint density at radius 3 is 2.50 bits per heavy atom. The second-order valence-electron chi connectivity index (χ2n) is 6.76. The highest BCUT2D eigenvalue weighted by molar-refractivity contribution is 5.94. The normalized spacial score (nSPS) is 17.4. The first-order valence-corrected chi connectivity index (χ1v) is 8.42. The van der Waals surface area contributed by atoms with Crippen LogP contribution in [0, 0.1) is 5.92 Å². The van der Waals surface area contributed by atoms with Crippen molar-refractivity contribution in [1.82, 2.24) is 15.5 Å². The SMILES string of the molecule is CC(C)=CC(=O)NCc1ccc(C(=O)NC[C@H]2CCN(C)C2)cc1. The van der Waals surface area contributed by atoms with Crippen molar-refractivity contribution in [1.29, 1.82) is 0 Å². The molecule has 1 aromatic rings. The van der Waals surface area contributed by atoms with E-state index in [2.05, 4.69) is 22.6 Å². The molecule has 130 valence electrons. The molecular weight excluding hydrogens is 302 g/mol. The number of rotatable bonds is 6. The first kappa shape index (κ1) is 18.2. The van der Waals surface area contributed by atoms with E-state index in [1.54, 1.807) is 18.2 Å². The minimum absolute atomic E-state index is 0.0373. The van der Waals surface area contributed by atoms with Crippen LogP contribution in [-0.4, -0.2) is 43.4 Å². The third-order valence-corrected chi connectivity index (χ3v) is 4.14. The molecule has 1 fully saturated rings. The molecule has 0 unspecified atom stereocenters. The van der Waals surface area contributed by atoms with Crippen LogP contribution in [0.15, 0.2) is 35.9 Å². The lowest BCUT2D eigenvalue weighted by atomic mass is 10.1. The molecule has 1 atom stereocenters. The van der Waals surface area contributed by atoms with E-state index in [4.69, 9.17) is 0 Å². The summed E-state index contributed by atoms with van der Waals surface area (Å²) in [6.07, 6.45) is 2.71. The van der Waals surface area contributed by atoms with Gasteiger partial charge in [0.15, 0.2) is 0 Å². The third-order valence-electron chi connectivity index (χ3n) is 4.14. The number of amides is 2. The van der Waals surface area contributed by atoms with Gasteiger partial charge in [-0.25, -0.2) is 0 Å². The summed E-state index contributed by atoms with van der Waals surface area (Å²) in [5, 5.41) is 5.83. The standard InChI is InChI=1S/C19H27N3O2/c1-14(2)10-18(23)20-11-15-4-6-17(7-5-15)19(24)21-12-16-8-9-22(3)13-16/h4-7,10,16H,8-9,11-13H2,1-3H3,(H,20,23)(H,21,24)/t16-/m1/s1. The van der Waals surface area contributed by atoms with Gasteiger partial charge in [-0.1, -0.05) is 17.7 Å². The van der Waals surface area contributed by atoms with Crippen LogP contribution in [0.4, 0.5) is 0 Å². The highest BCUT2D eigenvalue weighted by atomic mass is 16.2. The van der Waals surface area contributed by atoms with Crippen LogP contribution in [0.2, 0.25) is 0 Å². The van der Waals surface area contributed by atoms with Gasteiger partial charge >= 0.3 is 0 Å². The van der Waals surface area contributed by atoms with Crippen molar-refractivity contribution in [3.8, 4) is 0 Å². The highest BCUT2D eigenvalue weighted by Crippen LogP contribution is 2.13. The van der Waals surface area contributed by atoms with Crippen molar-refractivity contribution in [2.45, 2.75) is 26.8 Å². The molecule has 1 heterocycles. The molecule has 1 saturated heterocycles. The molecule has 5 nitrogen and oxygen atoms in total.